The summed E-state index contributed by atoms with van der Waals surface area (Å²) in [7, 11) is 1.59. The van der Waals surface area contributed by atoms with Crippen LogP contribution in [0.5, 0.6) is 5.75 Å². The zero-order chi connectivity index (χ0) is 17.1. The molecule has 5 heteroatoms. The van der Waals surface area contributed by atoms with E-state index in [0.29, 0.717) is 5.56 Å². The van der Waals surface area contributed by atoms with Gasteiger partial charge in [-0.1, -0.05) is 12.1 Å². The molecular formula is C19H20N2O3. The molecule has 0 bridgehead atoms. The molecule has 0 radical (unpaired) electrons. The molecule has 0 fully saturated rings. The van der Waals surface area contributed by atoms with Gasteiger partial charge in [-0.25, -0.2) is 0 Å². The van der Waals surface area contributed by atoms with Crippen LogP contribution in [0, 0.1) is 0 Å². The summed E-state index contributed by atoms with van der Waals surface area (Å²) < 4.78 is 5.11. The molecule has 124 valence electrons. The quantitative estimate of drug-likeness (QED) is 0.675. The summed E-state index contributed by atoms with van der Waals surface area (Å²) >= 11 is 0. The molecule has 3 rings (SSSR count). The molecule has 24 heavy (non-hydrogen) atoms. The SMILES string of the molecule is COc1ccc(C(O)C(C)NC(=O)c2ccc3[nH]ccc3c2)cc1. The third-order valence-corrected chi connectivity index (χ3v) is 4.11. The second-order valence-electron chi connectivity index (χ2n) is 5.76. The van der Waals surface area contributed by atoms with Crippen LogP contribution in [0.15, 0.2) is 54.7 Å². The summed E-state index contributed by atoms with van der Waals surface area (Å²) in [6.45, 7) is 1.78. The summed E-state index contributed by atoms with van der Waals surface area (Å²) in [5.74, 6) is 0.514. The van der Waals surface area contributed by atoms with E-state index in [1.54, 1.807) is 44.4 Å². The molecule has 2 atom stereocenters. The Morgan fingerprint density at radius 2 is 1.92 bits per heavy atom. The Bertz CT molecular complexity index is 839. The second-order valence-corrected chi connectivity index (χ2v) is 5.76. The molecule has 3 aromatic rings. The van der Waals surface area contributed by atoms with Crippen molar-refractivity contribution in [1.82, 2.24) is 10.3 Å². The third-order valence-electron chi connectivity index (χ3n) is 4.11. The van der Waals surface area contributed by atoms with Crippen molar-refractivity contribution < 1.29 is 14.6 Å². The zero-order valence-corrected chi connectivity index (χ0v) is 13.6. The van der Waals surface area contributed by atoms with Crippen molar-refractivity contribution in [1.29, 1.82) is 0 Å². The molecule has 1 aromatic heterocycles. The van der Waals surface area contributed by atoms with Gasteiger partial charge in [-0.15, -0.1) is 0 Å². The molecule has 0 saturated carbocycles. The molecule has 0 aliphatic rings. The van der Waals surface area contributed by atoms with E-state index in [2.05, 4.69) is 10.3 Å². The summed E-state index contributed by atoms with van der Waals surface area (Å²) in [6, 6.07) is 14.1. The highest BCUT2D eigenvalue weighted by Crippen LogP contribution is 2.21. The maximum absolute atomic E-state index is 12.4. The summed E-state index contributed by atoms with van der Waals surface area (Å²) in [5.41, 5.74) is 2.28. The van der Waals surface area contributed by atoms with E-state index in [4.69, 9.17) is 4.74 Å². The first-order valence-corrected chi connectivity index (χ1v) is 7.78. The van der Waals surface area contributed by atoms with Crippen LogP contribution in [0.3, 0.4) is 0 Å². The van der Waals surface area contributed by atoms with Gasteiger partial charge in [-0.3, -0.25) is 4.79 Å². The van der Waals surface area contributed by atoms with Crippen LogP contribution in [0.2, 0.25) is 0 Å². The average molecular weight is 324 g/mol. The normalized spacial score (nSPS) is 13.5. The largest absolute Gasteiger partial charge is 0.497 e. The predicted octanol–water partition coefficient (Wildman–Crippen LogP) is 3.03. The van der Waals surface area contributed by atoms with Crippen molar-refractivity contribution >= 4 is 16.8 Å². The highest BCUT2D eigenvalue weighted by atomic mass is 16.5. The van der Waals surface area contributed by atoms with Crippen molar-refractivity contribution in [2.24, 2.45) is 0 Å². The smallest absolute Gasteiger partial charge is 0.251 e. The number of hydrogen-bond acceptors (Lipinski definition) is 3. The standard InChI is InChI=1S/C19H20N2O3/c1-12(18(22)13-3-6-16(24-2)7-4-13)21-19(23)15-5-8-17-14(11-15)9-10-20-17/h3-12,18,20,22H,1-2H3,(H,21,23). The number of amides is 1. The van der Waals surface area contributed by atoms with Crippen LogP contribution in [-0.4, -0.2) is 29.1 Å². The van der Waals surface area contributed by atoms with Crippen molar-refractivity contribution in [2.45, 2.75) is 19.1 Å². The fraction of sp³-hybridized carbons (Fsp3) is 0.211. The second kappa shape index (κ2) is 6.76. The number of nitrogens with one attached hydrogen (secondary N) is 2. The lowest BCUT2D eigenvalue weighted by Crippen LogP contribution is -2.37. The van der Waals surface area contributed by atoms with Crippen LogP contribution < -0.4 is 10.1 Å². The van der Waals surface area contributed by atoms with Crippen LogP contribution in [-0.2, 0) is 0 Å². The molecule has 2 aromatic carbocycles. The van der Waals surface area contributed by atoms with Crippen molar-refractivity contribution in [2.75, 3.05) is 7.11 Å². The van der Waals surface area contributed by atoms with E-state index in [-0.39, 0.29) is 5.91 Å². The summed E-state index contributed by atoms with van der Waals surface area (Å²) in [5, 5.41) is 14.3. The topological polar surface area (TPSA) is 74.3 Å². The fourth-order valence-corrected chi connectivity index (χ4v) is 2.65. The van der Waals surface area contributed by atoms with Gasteiger partial charge in [0.15, 0.2) is 0 Å². The van der Waals surface area contributed by atoms with Crippen molar-refractivity contribution in [3.05, 3.63) is 65.9 Å². The highest BCUT2D eigenvalue weighted by molar-refractivity contribution is 5.98. The van der Waals surface area contributed by atoms with Crippen molar-refractivity contribution in [3.63, 3.8) is 0 Å². The van der Waals surface area contributed by atoms with Crippen LogP contribution >= 0.6 is 0 Å². The fourth-order valence-electron chi connectivity index (χ4n) is 2.65. The van der Waals surface area contributed by atoms with Gasteiger partial charge in [0.25, 0.3) is 5.91 Å². The van der Waals surface area contributed by atoms with Gasteiger partial charge in [0, 0.05) is 22.7 Å². The number of fused-ring (bicyclic) bond motifs is 1. The highest BCUT2D eigenvalue weighted by Gasteiger charge is 2.19. The molecule has 0 spiro atoms. The van der Waals surface area contributed by atoms with E-state index in [1.165, 1.54) is 0 Å². The number of aromatic amines is 1. The molecule has 1 heterocycles. The Balaban J connectivity index is 1.70. The average Bonchev–Trinajstić information content (AvgIpc) is 3.08. The Labute approximate surface area is 140 Å². The van der Waals surface area contributed by atoms with Crippen molar-refractivity contribution in [3.8, 4) is 5.75 Å². The number of benzene rings is 2. The van der Waals surface area contributed by atoms with Crippen LogP contribution in [0.1, 0.15) is 28.9 Å². The Morgan fingerprint density at radius 3 is 2.62 bits per heavy atom. The molecule has 0 aliphatic heterocycles. The number of rotatable bonds is 5. The molecule has 0 saturated heterocycles. The first kappa shape index (κ1) is 16.1. The van der Waals surface area contributed by atoms with Gasteiger partial charge in [0.2, 0.25) is 0 Å². The number of aliphatic hydroxyl groups is 1. The lowest BCUT2D eigenvalue weighted by molar-refractivity contribution is 0.0852. The molecule has 3 N–H and O–H groups in total. The minimum atomic E-state index is -0.796. The van der Waals surface area contributed by atoms with Gasteiger partial charge < -0.3 is 20.1 Å². The number of aliphatic hydroxyl groups excluding tert-OH is 1. The third kappa shape index (κ3) is 3.26. The predicted molar refractivity (Wildman–Crippen MR) is 93.2 cm³/mol. The zero-order valence-electron chi connectivity index (χ0n) is 13.6. The van der Waals surface area contributed by atoms with Crippen LogP contribution in [0.4, 0.5) is 0 Å². The first-order chi connectivity index (χ1) is 11.6. The van der Waals surface area contributed by atoms with E-state index < -0.39 is 12.1 Å². The van der Waals surface area contributed by atoms with E-state index in [1.807, 2.05) is 24.4 Å². The maximum Gasteiger partial charge on any atom is 0.251 e. The lowest BCUT2D eigenvalue weighted by Gasteiger charge is -2.21. The Kier molecular flexibility index (Phi) is 4.53. The Morgan fingerprint density at radius 1 is 1.17 bits per heavy atom. The van der Waals surface area contributed by atoms with E-state index in [9.17, 15) is 9.90 Å². The van der Waals surface area contributed by atoms with E-state index in [0.717, 1.165) is 22.2 Å². The number of H-pyrrole nitrogens is 1. The maximum atomic E-state index is 12.4. The van der Waals surface area contributed by atoms with Gasteiger partial charge in [0.1, 0.15) is 5.75 Å². The lowest BCUT2D eigenvalue weighted by atomic mass is 10.0. The monoisotopic (exact) mass is 324 g/mol. The minimum Gasteiger partial charge on any atom is -0.497 e. The number of ether oxygens (including phenoxy) is 1. The number of hydrogen-bond donors (Lipinski definition) is 3. The van der Waals surface area contributed by atoms with Gasteiger partial charge in [0.05, 0.1) is 19.3 Å². The number of carbonyl (C=O) groups excluding carboxylic acids is 1. The minimum absolute atomic E-state index is 0.210. The molecular weight excluding hydrogens is 304 g/mol. The van der Waals surface area contributed by atoms with Gasteiger partial charge in [-0.2, -0.15) is 0 Å². The molecule has 0 aliphatic carbocycles. The molecule has 1 amide bonds. The summed E-state index contributed by atoms with van der Waals surface area (Å²) in [4.78, 5) is 15.5. The van der Waals surface area contributed by atoms with Crippen LogP contribution in [0.25, 0.3) is 10.9 Å². The summed E-state index contributed by atoms with van der Waals surface area (Å²) in [6.07, 6.45) is 1.04. The van der Waals surface area contributed by atoms with Gasteiger partial charge in [-0.05, 0) is 48.9 Å². The number of aromatic nitrogens is 1. The van der Waals surface area contributed by atoms with Gasteiger partial charge >= 0.3 is 0 Å². The van der Waals surface area contributed by atoms with E-state index >= 15 is 0 Å². The molecule has 2 unspecified atom stereocenters. The number of methoxy groups -OCH3 is 1. The Hall–Kier alpha value is -2.79. The first-order valence-electron chi connectivity index (χ1n) is 7.78. The number of carbonyl (C=O) groups is 1. The molecule has 5 nitrogen and oxygen atoms in total.